The predicted octanol–water partition coefficient (Wildman–Crippen LogP) is 3.20. The number of esters is 1. The van der Waals surface area contributed by atoms with Gasteiger partial charge in [0.15, 0.2) is 0 Å². The van der Waals surface area contributed by atoms with Crippen LogP contribution in [0.4, 0.5) is 0 Å². The topological polar surface area (TPSA) is 121 Å². The monoisotopic (exact) mass is 513 g/mol. The van der Waals surface area contributed by atoms with Crippen molar-refractivity contribution >= 4 is 23.4 Å². The molecule has 2 aromatic rings. The molecule has 200 valence electrons. The van der Waals surface area contributed by atoms with Crippen LogP contribution in [-0.2, 0) is 14.3 Å². The van der Waals surface area contributed by atoms with Crippen LogP contribution in [0.1, 0.15) is 52.3 Å². The summed E-state index contributed by atoms with van der Waals surface area (Å²) >= 11 is 0. The molecule has 0 spiro atoms. The molecule has 0 saturated carbocycles. The van der Waals surface area contributed by atoms with Crippen molar-refractivity contribution in [2.45, 2.75) is 33.2 Å². The van der Waals surface area contributed by atoms with Gasteiger partial charge in [-0.15, -0.1) is 0 Å². The van der Waals surface area contributed by atoms with Gasteiger partial charge in [0.05, 0.1) is 32.4 Å². The molecule has 0 aliphatic carbocycles. The van der Waals surface area contributed by atoms with Gasteiger partial charge in [-0.1, -0.05) is 0 Å². The van der Waals surface area contributed by atoms with E-state index in [2.05, 4.69) is 4.98 Å². The molecular formula is C27H35N3O7. The molecular weight excluding hydrogens is 478 g/mol. The summed E-state index contributed by atoms with van der Waals surface area (Å²) in [5.41, 5.74) is 1.76. The number of amides is 1. The van der Waals surface area contributed by atoms with Gasteiger partial charge in [-0.2, -0.15) is 0 Å². The Labute approximate surface area is 216 Å². The van der Waals surface area contributed by atoms with E-state index in [4.69, 9.17) is 14.2 Å². The van der Waals surface area contributed by atoms with E-state index in [1.165, 1.54) is 19.1 Å². The minimum Gasteiger partial charge on any atom is -0.507 e. The van der Waals surface area contributed by atoms with Gasteiger partial charge in [-0.05, 0) is 71.6 Å². The number of aliphatic hydroxyl groups is 1. The second-order valence-electron chi connectivity index (χ2n) is 9.10. The highest BCUT2D eigenvalue weighted by Crippen LogP contribution is 2.44. The van der Waals surface area contributed by atoms with E-state index < -0.39 is 23.7 Å². The lowest BCUT2D eigenvalue weighted by Crippen LogP contribution is -2.32. The first-order valence-electron chi connectivity index (χ1n) is 12.1. The van der Waals surface area contributed by atoms with Crippen LogP contribution in [0.25, 0.3) is 5.76 Å². The quantitative estimate of drug-likeness (QED) is 0.215. The van der Waals surface area contributed by atoms with Crippen LogP contribution in [0.5, 0.6) is 11.5 Å². The van der Waals surface area contributed by atoms with Gasteiger partial charge in [0.25, 0.3) is 11.7 Å². The van der Waals surface area contributed by atoms with Gasteiger partial charge in [0, 0.05) is 23.4 Å². The number of H-pyrrole nitrogens is 1. The van der Waals surface area contributed by atoms with Crippen LogP contribution in [0.15, 0.2) is 23.8 Å². The van der Waals surface area contributed by atoms with E-state index in [0.29, 0.717) is 41.3 Å². The van der Waals surface area contributed by atoms with E-state index in [1.807, 2.05) is 19.0 Å². The third kappa shape index (κ3) is 5.34. The first-order chi connectivity index (χ1) is 17.6. The standard InChI is InChI=1S/C27H35N3O7/c1-8-37-27(34)22-15(2)20(16(3)28-22)24(31)21-23(18-14-17(35-6)10-11-19(18)36-7)30(26(33)25(21)32)13-9-12-29(4)5/h10-11,14,23,28,31H,8-9,12-13H2,1-7H3/t23-/m1/s1. The molecule has 2 heterocycles. The summed E-state index contributed by atoms with van der Waals surface area (Å²) in [4.78, 5) is 45.6. The Balaban J connectivity index is 2.25. The number of nitrogens with zero attached hydrogens (tertiary/aromatic N) is 2. The minimum atomic E-state index is -0.924. The SMILES string of the molecule is CCOC(=O)c1[nH]c(C)c(C(O)=C2C(=O)C(=O)N(CCCN(C)C)[C@@H]2c2cc(OC)ccc2OC)c1C. The van der Waals surface area contributed by atoms with Crippen molar-refractivity contribution in [1.29, 1.82) is 0 Å². The molecule has 10 heteroatoms. The lowest BCUT2D eigenvalue weighted by atomic mass is 9.93. The fourth-order valence-corrected chi connectivity index (χ4v) is 4.69. The summed E-state index contributed by atoms with van der Waals surface area (Å²) in [6.45, 7) is 6.19. The van der Waals surface area contributed by atoms with Crippen LogP contribution in [0.2, 0.25) is 0 Å². The summed E-state index contributed by atoms with van der Waals surface area (Å²) in [6, 6.07) is 4.18. The first kappa shape index (κ1) is 27.8. The zero-order chi connectivity index (χ0) is 27.4. The Morgan fingerprint density at radius 1 is 1.16 bits per heavy atom. The van der Waals surface area contributed by atoms with Gasteiger partial charge in [-0.3, -0.25) is 9.59 Å². The summed E-state index contributed by atoms with van der Waals surface area (Å²) in [5.74, 6) is -1.52. The van der Waals surface area contributed by atoms with Gasteiger partial charge >= 0.3 is 5.97 Å². The summed E-state index contributed by atoms with van der Waals surface area (Å²) in [5, 5.41) is 11.6. The molecule has 0 bridgehead atoms. The number of rotatable bonds is 10. The Bertz CT molecular complexity index is 1230. The molecule has 1 aromatic carbocycles. The van der Waals surface area contributed by atoms with E-state index in [1.54, 1.807) is 39.0 Å². The Morgan fingerprint density at radius 3 is 2.46 bits per heavy atom. The van der Waals surface area contributed by atoms with Gasteiger partial charge in [0.2, 0.25) is 0 Å². The maximum atomic E-state index is 13.4. The fraction of sp³-hybridized carbons (Fsp3) is 0.444. The molecule has 1 aromatic heterocycles. The molecule has 1 saturated heterocycles. The van der Waals surface area contributed by atoms with Crippen molar-refractivity contribution in [2.24, 2.45) is 0 Å². The molecule has 10 nitrogen and oxygen atoms in total. The highest BCUT2D eigenvalue weighted by atomic mass is 16.5. The highest BCUT2D eigenvalue weighted by molar-refractivity contribution is 6.46. The van der Waals surface area contributed by atoms with Gasteiger partial charge in [0.1, 0.15) is 23.0 Å². The number of ketones is 1. The third-order valence-electron chi connectivity index (χ3n) is 6.43. The number of hydrogen-bond donors (Lipinski definition) is 2. The molecule has 1 amide bonds. The number of aliphatic hydroxyl groups excluding tert-OH is 1. The van der Waals surface area contributed by atoms with Crippen molar-refractivity contribution in [3.8, 4) is 11.5 Å². The Hall–Kier alpha value is -3.79. The number of ether oxygens (including phenoxy) is 3. The van der Waals surface area contributed by atoms with E-state index in [9.17, 15) is 19.5 Å². The Morgan fingerprint density at radius 2 is 1.86 bits per heavy atom. The number of nitrogens with one attached hydrogen (secondary N) is 1. The molecule has 3 rings (SSSR count). The number of aromatic nitrogens is 1. The lowest BCUT2D eigenvalue weighted by molar-refractivity contribution is -0.140. The minimum absolute atomic E-state index is 0.0815. The number of aryl methyl sites for hydroxylation is 1. The van der Waals surface area contributed by atoms with Crippen LogP contribution < -0.4 is 9.47 Å². The van der Waals surface area contributed by atoms with E-state index >= 15 is 0 Å². The van der Waals surface area contributed by atoms with Crippen molar-refractivity contribution < 1.29 is 33.7 Å². The smallest absolute Gasteiger partial charge is 0.355 e. The maximum Gasteiger partial charge on any atom is 0.355 e. The van der Waals surface area contributed by atoms with Gasteiger partial charge < -0.3 is 34.1 Å². The largest absolute Gasteiger partial charge is 0.507 e. The second kappa shape index (κ2) is 11.5. The maximum absolute atomic E-state index is 13.4. The number of carbonyl (C=O) groups excluding carboxylic acids is 3. The van der Waals surface area contributed by atoms with Gasteiger partial charge in [-0.25, -0.2) is 4.79 Å². The number of carbonyl (C=O) groups is 3. The van der Waals surface area contributed by atoms with Crippen LogP contribution in [0.3, 0.4) is 0 Å². The molecule has 37 heavy (non-hydrogen) atoms. The van der Waals surface area contributed by atoms with E-state index in [0.717, 1.165) is 0 Å². The molecule has 2 N–H and O–H groups in total. The molecule has 1 atom stereocenters. The Kier molecular flexibility index (Phi) is 8.65. The highest BCUT2D eigenvalue weighted by Gasteiger charge is 2.47. The zero-order valence-corrected chi connectivity index (χ0v) is 22.4. The number of aromatic amines is 1. The molecule has 0 radical (unpaired) electrons. The molecule has 1 aliphatic heterocycles. The zero-order valence-electron chi connectivity index (χ0n) is 22.4. The third-order valence-corrected chi connectivity index (χ3v) is 6.43. The van der Waals surface area contributed by atoms with Crippen molar-refractivity contribution in [3.63, 3.8) is 0 Å². The predicted molar refractivity (Wildman–Crippen MR) is 138 cm³/mol. The van der Waals surface area contributed by atoms with Crippen LogP contribution in [-0.4, -0.2) is 85.6 Å². The number of benzene rings is 1. The summed E-state index contributed by atoms with van der Waals surface area (Å²) in [6.07, 6.45) is 0.609. The van der Waals surface area contributed by atoms with Crippen molar-refractivity contribution in [1.82, 2.24) is 14.8 Å². The lowest BCUT2D eigenvalue weighted by Gasteiger charge is -2.27. The molecule has 0 unspecified atom stereocenters. The normalized spacial score (nSPS) is 17.0. The molecule has 1 fully saturated rings. The number of likely N-dealkylation sites (tertiary alicyclic amines) is 1. The summed E-state index contributed by atoms with van der Waals surface area (Å²) < 4.78 is 16.1. The average Bonchev–Trinajstić information content (AvgIpc) is 3.30. The van der Waals surface area contributed by atoms with Crippen LogP contribution in [0, 0.1) is 13.8 Å². The number of Topliss-reactive ketones (excluding diaryl/α,β-unsaturated/α-hetero) is 1. The molecule has 1 aliphatic rings. The fourth-order valence-electron chi connectivity index (χ4n) is 4.69. The summed E-state index contributed by atoms with van der Waals surface area (Å²) in [7, 11) is 6.86. The number of hydrogen-bond acceptors (Lipinski definition) is 8. The second-order valence-corrected chi connectivity index (χ2v) is 9.10. The van der Waals surface area contributed by atoms with Crippen molar-refractivity contribution in [2.75, 3.05) is 48.0 Å². The van der Waals surface area contributed by atoms with E-state index in [-0.39, 0.29) is 35.7 Å². The number of methoxy groups -OCH3 is 2. The first-order valence-corrected chi connectivity index (χ1v) is 12.1. The van der Waals surface area contributed by atoms with Crippen molar-refractivity contribution in [3.05, 3.63) is 51.9 Å². The average molecular weight is 514 g/mol. The van der Waals surface area contributed by atoms with Crippen LogP contribution >= 0.6 is 0 Å².